The van der Waals surface area contributed by atoms with Crippen LogP contribution >= 0.6 is 11.3 Å². The third-order valence-electron chi connectivity index (χ3n) is 2.81. The Bertz CT molecular complexity index is 638. The number of thiazole rings is 1. The summed E-state index contributed by atoms with van der Waals surface area (Å²) in [6.45, 7) is 12.5. The topological polar surface area (TPSA) is 34.9 Å². The predicted molar refractivity (Wildman–Crippen MR) is 77.6 cm³/mol. The maximum Gasteiger partial charge on any atom is 0.270 e. The lowest BCUT2D eigenvalue weighted by atomic mass is 9.98. The molecule has 2 aromatic rings. The highest BCUT2D eigenvalue weighted by atomic mass is 32.1. The smallest absolute Gasteiger partial charge is 0.270 e. The first kappa shape index (κ1) is 13.3. The van der Waals surface area contributed by atoms with E-state index in [0.29, 0.717) is 0 Å². The summed E-state index contributed by atoms with van der Waals surface area (Å²) in [6.07, 6.45) is 1.84. The van der Waals surface area contributed by atoms with Gasteiger partial charge in [-0.3, -0.25) is 4.79 Å². The van der Waals surface area contributed by atoms with Crippen molar-refractivity contribution < 1.29 is 0 Å². The van der Waals surface area contributed by atoms with Crippen LogP contribution in [0.4, 0.5) is 0 Å². The van der Waals surface area contributed by atoms with Crippen LogP contribution in [0.5, 0.6) is 0 Å². The minimum Gasteiger partial charge on any atom is -0.309 e. The molecule has 2 heterocycles. The van der Waals surface area contributed by atoms with E-state index in [1.807, 2.05) is 33.0 Å². The molecule has 0 aromatic carbocycles. The average Bonchev–Trinajstić information content (AvgIpc) is 2.59. The van der Waals surface area contributed by atoms with E-state index in [1.54, 1.807) is 4.57 Å². The number of nitrogens with zero attached hydrogens (tertiary/aromatic N) is 2. The van der Waals surface area contributed by atoms with Gasteiger partial charge in [0.2, 0.25) is 0 Å². The summed E-state index contributed by atoms with van der Waals surface area (Å²) in [4.78, 5) is 17.0. The fourth-order valence-electron chi connectivity index (χ4n) is 1.77. The second-order valence-corrected chi connectivity index (χ2v) is 7.64. The molecule has 0 saturated carbocycles. The van der Waals surface area contributed by atoms with Crippen molar-refractivity contribution in [3.63, 3.8) is 0 Å². The molecule has 0 radical (unpaired) electrons. The maximum absolute atomic E-state index is 12.4. The highest BCUT2D eigenvalue weighted by molar-refractivity contribution is 7.18. The molecule has 0 aliphatic carbocycles. The van der Waals surface area contributed by atoms with Crippen LogP contribution in [-0.2, 0) is 11.0 Å². The van der Waals surface area contributed by atoms with E-state index in [-0.39, 0.29) is 16.5 Å². The molecule has 4 heteroatoms. The molecule has 0 unspecified atom stereocenters. The highest BCUT2D eigenvalue weighted by Gasteiger charge is 2.22. The van der Waals surface area contributed by atoms with Crippen LogP contribution in [0.25, 0.3) is 10.2 Å². The first-order valence-corrected chi connectivity index (χ1v) is 6.95. The van der Waals surface area contributed by atoms with E-state index < -0.39 is 0 Å². The lowest BCUT2D eigenvalue weighted by Gasteiger charge is -2.21. The van der Waals surface area contributed by atoms with Gasteiger partial charge in [-0.05, 0) is 26.8 Å². The Kier molecular flexibility index (Phi) is 2.89. The Hall–Kier alpha value is -1.16. The Morgan fingerprint density at radius 2 is 1.78 bits per heavy atom. The van der Waals surface area contributed by atoms with Gasteiger partial charge in [-0.25, -0.2) is 4.98 Å². The van der Waals surface area contributed by atoms with Crippen molar-refractivity contribution in [2.24, 2.45) is 0 Å². The van der Waals surface area contributed by atoms with Crippen LogP contribution in [-0.4, -0.2) is 9.55 Å². The zero-order valence-corrected chi connectivity index (χ0v) is 12.7. The summed E-state index contributed by atoms with van der Waals surface area (Å²) >= 11 is 1.52. The molecule has 0 spiro atoms. The van der Waals surface area contributed by atoms with Crippen molar-refractivity contribution in [2.45, 2.75) is 52.5 Å². The van der Waals surface area contributed by atoms with E-state index in [1.165, 1.54) is 11.3 Å². The predicted octanol–water partition coefficient (Wildman–Crippen LogP) is 3.51. The van der Waals surface area contributed by atoms with Crippen LogP contribution in [0.3, 0.4) is 0 Å². The Labute approximate surface area is 111 Å². The molecule has 98 valence electrons. The van der Waals surface area contributed by atoms with E-state index in [4.69, 9.17) is 0 Å². The Morgan fingerprint density at radius 3 is 2.28 bits per heavy atom. The number of fused-ring (bicyclic) bond motifs is 1. The number of pyridine rings is 1. The minimum atomic E-state index is -0.197. The number of hydrogen-bond donors (Lipinski definition) is 0. The normalized spacial score (nSPS) is 13.2. The summed E-state index contributed by atoms with van der Waals surface area (Å²) in [7, 11) is 0. The van der Waals surface area contributed by atoms with Gasteiger partial charge in [0, 0.05) is 17.2 Å². The van der Waals surface area contributed by atoms with Gasteiger partial charge in [-0.1, -0.05) is 20.8 Å². The zero-order chi connectivity index (χ0) is 13.7. The van der Waals surface area contributed by atoms with Crippen molar-refractivity contribution in [3.8, 4) is 0 Å². The lowest BCUT2D eigenvalue weighted by Crippen LogP contribution is -2.32. The first-order chi connectivity index (χ1) is 8.10. The van der Waals surface area contributed by atoms with Gasteiger partial charge in [-0.15, -0.1) is 11.3 Å². The number of rotatable bonds is 0. The zero-order valence-electron chi connectivity index (χ0n) is 11.9. The van der Waals surface area contributed by atoms with Gasteiger partial charge in [-0.2, -0.15) is 0 Å². The number of aromatic nitrogens is 2. The van der Waals surface area contributed by atoms with E-state index in [9.17, 15) is 4.79 Å². The van der Waals surface area contributed by atoms with Gasteiger partial charge in [0.05, 0.1) is 10.5 Å². The molecular weight excluding hydrogens is 244 g/mol. The quantitative estimate of drug-likeness (QED) is 0.730. The molecule has 2 aromatic heterocycles. The maximum atomic E-state index is 12.4. The second kappa shape index (κ2) is 3.92. The Morgan fingerprint density at radius 1 is 1.17 bits per heavy atom. The number of hydrogen-bond acceptors (Lipinski definition) is 3. The lowest BCUT2D eigenvalue weighted by molar-refractivity contribution is 0.386. The summed E-state index contributed by atoms with van der Waals surface area (Å²) in [6, 6.07) is 1.94. The van der Waals surface area contributed by atoms with Crippen LogP contribution in [0.1, 0.15) is 46.6 Å². The first-order valence-electron chi connectivity index (χ1n) is 6.14. The van der Waals surface area contributed by atoms with Crippen LogP contribution in [0, 0.1) is 0 Å². The SMILES string of the molecule is CC(C)(C)c1nc2ccn(C(C)(C)C)c(=O)c2s1. The molecule has 0 saturated heterocycles. The standard InChI is InChI=1S/C14H20N2OS/c1-13(2,3)12-15-9-7-8-16(14(4,5)6)11(17)10(9)18-12/h7-8H,1-6H3. The van der Waals surface area contributed by atoms with E-state index in [0.717, 1.165) is 15.2 Å². The molecular formula is C14H20N2OS. The van der Waals surface area contributed by atoms with Crippen molar-refractivity contribution in [1.29, 1.82) is 0 Å². The van der Waals surface area contributed by atoms with Crippen molar-refractivity contribution in [3.05, 3.63) is 27.6 Å². The molecule has 0 fully saturated rings. The molecule has 18 heavy (non-hydrogen) atoms. The van der Waals surface area contributed by atoms with E-state index in [2.05, 4.69) is 25.8 Å². The monoisotopic (exact) mass is 264 g/mol. The van der Waals surface area contributed by atoms with Crippen LogP contribution in [0.2, 0.25) is 0 Å². The summed E-state index contributed by atoms with van der Waals surface area (Å²) in [5, 5.41) is 1.02. The fraction of sp³-hybridized carbons (Fsp3) is 0.571. The van der Waals surface area contributed by atoms with Gasteiger partial charge in [0.25, 0.3) is 5.56 Å². The largest absolute Gasteiger partial charge is 0.309 e. The molecule has 0 aliphatic rings. The molecule has 0 atom stereocenters. The van der Waals surface area contributed by atoms with Crippen molar-refractivity contribution >= 4 is 21.6 Å². The van der Waals surface area contributed by atoms with E-state index >= 15 is 0 Å². The van der Waals surface area contributed by atoms with Crippen molar-refractivity contribution in [1.82, 2.24) is 9.55 Å². The molecule has 0 N–H and O–H groups in total. The minimum absolute atomic E-state index is 0.0112. The summed E-state index contributed by atoms with van der Waals surface area (Å²) in [5.74, 6) is 0. The van der Waals surface area contributed by atoms with Gasteiger partial charge < -0.3 is 4.57 Å². The van der Waals surface area contributed by atoms with Gasteiger partial charge >= 0.3 is 0 Å². The third kappa shape index (κ3) is 2.21. The molecule has 0 aliphatic heterocycles. The van der Waals surface area contributed by atoms with Gasteiger partial charge in [0.15, 0.2) is 0 Å². The average molecular weight is 264 g/mol. The van der Waals surface area contributed by atoms with Gasteiger partial charge in [0.1, 0.15) is 4.70 Å². The fourth-order valence-corrected chi connectivity index (χ4v) is 2.82. The van der Waals surface area contributed by atoms with Crippen molar-refractivity contribution in [2.75, 3.05) is 0 Å². The van der Waals surface area contributed by atoms with Crippen LogP contribution < -0.4 is 5.56 Å². The summed E-state index contributed by atoms with van der Waals surface area (Å²) < 4.78 is 2.54. The summed E-state index contributed by atoms with van der Waals surface area (Å²) in [5.41, 5.74) is 0.670. The molecule has 0 amide bonds. The third-order valence-corrected chi connectivity index (χ3v) is 4.30. The molecule has 2 rings (SSSR count). The molecule has 0 bridgehead atoms. The van der Waals surface area contributed by atoms with Crippen LogP contribution in [0.15, 0.2) is 17.1 Å². The Balaban J connectivity index is 2.73. The molecule has 3 nitrogen and oxygen atoms in total. The second-order valence-electron chi connectivity index (χ2n) is 6.65. The highest BCUT2D eigenvalue weighted by Crippen LogP contribution is 2.29.